The zero-order valence-corrected chi connectivity index (χ0v) is 20.2. The minimum atomic E-state index is -3.24. The van der Waals surface area contributed by atoms with E-state index in [-0.39, 0.29) is 16.7 Å². The molecule has 2 atom stereocenters. The maximum atomic E-state index is 13.1. The van der Waals surface area contributed by atoms with Gasteiger partial charge in [0.05, 0.1) is 4.90 Å². The Balaban J connectivity index is 1.17. The lowest BCUT2D eigenvalue weighted by Crippen LogP contribution is -2.33. The predicted octanol–water partition coefficient (Wildman–Crippen LogP) is 2.39. The van der Waals surface area contributed by atoms with E-state index in [1.807, 2.05) is 9.80 Å². The lowest BCUT2D eigenvalue weighted by atomic mass is 9.92. The molecule has 0 bridgehead atoms. The van der Waals surface area contributed by atoms with E-state index in [1.165, 1.54) is 6.26 Å². The first-order valence-corrected chi connectivity index (χ1v) is 13.5. The first-order chi connectivity index (χ1) is 16.8. The number of sulfone groups is 1. The van der Waals surface area contributed by atoms with Crippen LogP contribution in [-0.4, -0.2) is 77.9 Å². The van der Waals surface area contributed by atoms with Gasteiger partial charge < -0.3 is 9.80 Å². The molecule has 5 rings (SSSR count). The molecule has 0 saturated carbocycles. The smallest absolute Gasteiger partial charge is 0.253 e. The maximum Gasteiger partial charge on any atom is 0.253 e. The largest absolute Gasteiger partial charge is 0.339 e. The molecule has 10 heteroatoms. The fourth-order valence-electron chi connectivity index (χ4n) is 4.99. The van der Waals surface area contributed by atoms with Crippen molar-refractivity contribution in [3.05, 3.63) is 59.7 Å². The van der Waals surface area contributed by atoms with Crippen molar-refractivity contribution < 1.29 is 18.0 Å². The quantitative estimate of drug-likeness (QED) is 0.558. The van der Waals surface area contributed by atoms with Crippen LogP contribution in [0.15, 0.2) is 53.4 Å². The number of aromatic nitrogens is 3. The van der Waals surface area contributed by atoms with Crippen LogP contribution in [0.1, 0.15) is 28.8 Å². The van der Waals surface area contributed by atoms with Crippen LogP contribution in [0.3, 0.4) is 0 Å². The molecular formula is C25H27N5O4S. The predicted molar refractivity (Wildman–Crippen MR) is 131 cm³/mol. The summed E-state index contributed by atoms with van der Waals surface area (Å²) >= 11 is 0. The van der Waals surface area contributed by atoms with Crippen molar-refractivity contribution >= 4 is 38.8 Å². The highest BCUT2D eigenvalue weighted by Crippen LogP contribution is 2.33. The van der Waals surface area contributed by atoms with Gasteiger partial charge in [-0.2, -0.15) is 15.4 Å². The van der Waals surface area contributed by atoms with Crippen LogP contribution in [-0.2, 0) is 14.6 Å². The molecular weight excluding hydrogens is 466 g/mol. The second-order valence-electron chi connectivity index (χ2n) is 9.33. The molecule has 0 radical (unpaired) electrons. The highest BCUT2D eigenvalue weighted by molar-refractivity contribution is 7.90. The molecule has 0 unspecified atom stereocenters. The van der Waals surface area contributed by atoms with Gasteiger partial charge in [0.2, 0.25) is 5.91 Å². The zero-order valence-electron chi connectivity index (χ0n) is 19.4. The van der Waals surface area contributed by atoms with Gasteiger partial charge in [0.25, 0.3) is 5.91 Å². The van der Waals surface area contributed by atoms with Crippen LogP contribution < -0.4 is 0 Å². The molecule has 1 aromatic heterocycles. The van der Waals surface area contributed by atoms with E-state index in [2.05, 4.69) is 15.4 Å². The molecule has 1 N–H and O–H groups in total. The fraction of sp³-hybridized carbons (Fsp3) is 0.360. The van der Waals surface area contributed by atoms with E-state index in [9.17, 15) is 18.0 Å². The minimum absolute atomic E-state index is 0.0146. The Labute approximate surface area is 203 Å². The number of nitrogens with zero attached hydrogens (tertiary/aromatic N) is 4. The van der Waals surface area contributed by atoms with Crippen molar-refractivity contribution in [2.45, 2.75) is 17.7 Å². The topological polar surface area (TPSA) is 116 Å². The van der Waals surface area contributed by atoms with Crippen LogP contribution in [0, 0.1) is 11.8 Å². The van der Waals surface area contributed by atoms with E-state index >= 15 is 0 Å². The number of rotatable bonds is 4. The first-order valence-electron chi connectivity index (χ1n) is 11.6. The average molecular weight is 494 g/mol. The molecule has 2 amide bonds. The monoisotopic (exact) mass is 493 g/mol. The summed E-state index contributed by atoms with van der Waals surface area (Å²) in [4.78, 5) is 29.9. The SMILES string of the molecule is CS(=O)(=O)c1ccc(C=CC(=O)N2CC[C@@H]3CN(C(=O)c4ccc5n[nH]nc5c4)C[C@@H]3CC2)cc1. The summed E-state index contributed by atoms with van der Waals surface area (Å²) in [7, 11) is -3.24. The summed E-state index contributed by atoms with van der Waals surface area (Å²) in [6, 6.07) is 11.8. The summed E-state index contributed by atoms with van der Waals surface area (Å²) in [6.07, 6.45) is 6.15. The molecule has 0 spiro atoms. The molecule has 9 nitrogen and oxygen atoms in total. The molecule has 3 heterocycles. The molecule has 2 aliphatic rings. The standard InChI is InChI=1S/C25H27N5O4S/c1-35(33,34)21-6-2-17(3-7-21)4-9-24(31)29-12-10-19-15-30(16-20(19)11-13-29)25(32)18-5-8-22-23(14-18)27-28-26-22/h2-9,14,19-20H,10-13,15-16H2,1H3,(H,26,27,28)/t19-,20+. The molecule has 2 aromatic carbocycles. The van der Waals surface area contributed by atoms with Gasteiger partial charge in [-0.1, -0.05) is 12.1 Å². The molecule has 0 aliphatic carbocycles. The number of hydrogen-bond donors (Lipinski definition) is 1. The Morgan fingerprint density at radius 1 is 0.943 bits per heavy atom. The van der Waals surface area contributed by atoms with Crippen LogP contribution in [0.4, 0.5) is 0 Å². The minimum Gasteiger partial charge on any atom is -0.339 e. The van der Waals surface area contributed by atoms with Gasteiger partial charge >= 0.3 is 0 Å². The number of aromatic amines is 1. The van der Waals surface area contributed by atoms with Gasteiger partial charge in [0.1, 0.15) is 11.0 Å². The van der Waals surface area contributed by atoms with Gasteiger partial charge in [-0.15, -0.1) is 0 Å². The lowest BCUT2D eigenvalue weighted by Gasteiger charge is -2.21. The Morgan fingerprint density at radius 3 is 2.26 bits per heavy atom. The number of carbonyl (C=O) groups is 2. The van der Waals surface area contributed by atoms with Crippen LogP contribution in [0.25, 0.3) is 17.1 Å². The number of amides is 2. The summed E-state index contributed by atoms with van der Waals surface area (Å²) in [5.41, 5.74) is 2.81. The zero-order chi connectivity index (χ0) is 24.6. The molecule has 35 heavy (non-hydrogen) atoms. The van der Waals surface area contributed by atoms with Gasteiger partial charge in [-0.25, -0.2) is 8.42 Å². The third kappa shape index (κ3) is 4.97. The van der Waals surface area contributed by atoms with E-state index in [4.69, 9.17) is 0 Å². The third-order valence-electron chi connectivity index (χ3n) is 7.00. The van der Waals surface area contributed by atoms with Crippen LogP contribution in [0.2, 0.25) is 0 Å². The fourth-order valence-corrected chi connectivity index (χ4v) is 5.62. The van der Waals surface area contributed by atoms with Crippen molar-refractivity contribution in [3.63, 3.8) is 0 Å². The highest BCUT2D eigenvalue weighted by atomic mass is 32.2. The van der Waals surface area contributed by atoms with Gasteiger partial charge in [-0.05, 0) is 66.6 Å². The van der Waals surface area contributed by atoms with E-state index < -0.39 is 9.84 Å². The van der Waals surface area contributed by atoms with E-state index in [0.29, 0.717) is 49.1 Å². The molecule has 3 aromatic rings. The molecule has 2 fully saturated rings. The van der Waals surface area contributed by atoms with E-state index in [0.717, 1.165) is 23.9 Å². The van der Waals surface area contributed by atoms with Gasteiger partial charge in [-0.3, -0.25) is 9.59 Å². The van der Waals surface area contributed by atoms with Crippen molar-refractivity contribution in [2.24, 2.45) is 11.8 Å². The van der Waals surface area contributed by atoms with Crippen molar-refractivity contribution in [1.29, 1.82) is 0 Å². The number of fused-ring (bicyclic) bond motifs is 2. The molecule has 2 saturated heterocycles. The third-order valence-corrected chi connectivity index (χ3v) is 8.13. The highest BCUT2D eigenvalue weighted by Gasteiger charge is 2.37. The number of H-pyrrole nitrogens is 1. The molecule has 2 aliphatic heterocycles. The van der Waals surface area contributed by atoms with Crippen LogP contribution >= 0.6 is 0 Å². The summed E-state index contributed by atoms with van der Waals surface area (Å²) < 4.78 is 23.2. The number of hydrogen-bond acceptors (Lipinski definition) is 6. The Bertz CT molecular complexity index is 1380. The normalized spacial score (nSPS) is 20.8. The maximum absolute atomic E-state index is 13.1. The number of nitrogens with one attached hydrogen (secondary N) is 1. The second-order valence-corrected chi connectivity index (χ2v) is 11.4. The molecule has 182 valence electrons. The summed E-state index contributed by atoms with van der Waals surface area (Å²) in [5, 5.41) is 10.7. The number of benzene rings is 2. The average Bonchev–Trinajstić information content (AvgIpc) is 3.43. The summed E-state index contributed by atoms with van der Waals surface area (Å²) in [6.45, 7) is 2.71. The number of carbonyl (C=O) groups excluding carboxylic acids is 2. The van der Waals surface area contributed by atoms with E-state index in [1.54, 1.807) is 54.6 Å². The van der Waals surface area contributed by atoms with Crippen molar-refractivity contribution in [2.75, 3.05) is 32.4 Å². The Kier molecular flexibility index (Phi) is 6.14. The Hall–Kier alpha value is -3.53. The van der Waals surface area contributed by atoms with Crippen molar-refractivity contribution in [3.8, 4) is 0 Å². The van der Waals surface area contributed by atoms with Gasteiger partial charge in [0.15, 0.2) is 9.84 Å². The lowest BCUT2D eigenvalue weighted by molar-refractivity contribution is -0.126. The Morgan fingerprint density at radius 2 is 1.60 bits per heavy atom. The number of likely N-dealkylation sites (tertiary alicyclic amines) is 2. The summed E-state index contributed by atoms with van der Waals surface area (Å²) in [5.74, 6) is 0.715. The second kappa shape index (κ2) is 9.26. The van der Waals surface area contributed by atoms with Gasteiger partial charge in [0, 0.05) is 44.1 Å². The first kappa shape index (κ1) is 23.2. The van der Waals surface area contributed by atoms with Crippen LogP contribution in [0.5, 0.6) is 0 Å². The van der Waals surface area contributed by atoms with Crippen molar-refractivity contribution in [1.82, 2.24) is 25.2 Å².